The van der Waals surface area contributed by atoms with E-state index in [4.69, 9.17) is 10.5 Å². The predicted molar refractivity (Wildman–Crippen MR) is 64.3 cm³/mol. The Hall–Kier alpha value is -1.00. The molecule has 0 radical (unpaired) electrons. The van der Waals surface area contributed by atoms with Crippen LogP contribution in [0.1, 0.15) is 42.5 Å². The van der Waals surface area contributed by atoms with Gasteiger partial charge in [0.15, 0.2) is 5.82 Å². The molecule has 0 saturated carbocycles. The fraction of sp³-hybridized carbons (Fsp3) is 0.667. The van der Waals surface area contributed by atoms with E-state index in [0.29, 0.717) is 25.7 Å². The van der Waals surface area contributed by atoms with E-state index < -0.39 is 0 Å². The second-order valence-corrected chi connectivity index (χ2v) is 4.00. The van der Waals surface area contributed by atoms with Crippen molar-refractivity contribution in [2.45, 2.75) is 40.2 Å². The molecule has 0 aromatic carbocycles. The van der Waals surface area contributed by atoms with Gasteiger partial charge in [-0.1, -0.05) is 6.92 Å². The van der Waals surface area contributed by atoms with E-state index in [-0.39, 0.29) is 0 Å². The second-order valence-electron chi connectivity index (χ2n) is 4.00. The van der Waals surface area contributed by atoms with Gasteiger partial charge in [0.25, 0.3) is 0 Å². The topological polar surface area (TPSA) is 61.0 Å². The first-order valence-corrected chi connectivity index (χ1v) is 5.71. The molecule has 1 aromatic heterocycles. The normalized spacial score (nSPS) is 12.8. The van der Waals surface area contributed by atoms with Crippen LogP contribution in [0.5, 0.6) is 0 Å². The number of aryl methyl sites for hydroxylation is 2. The summed E-state index contributed by atoms with van der Waals surface area (Å²) in [6.45, 7) is 9.86. The van der Waals surface area contributed by atoms with Crippen molar-refractivity contribution in [2.24, 2.45) is 5.73 Å². The Labute approximate surface area is 97.2 Å². The van der Waals surface area contributed by atoms with Crippen molar-refractivity contribution in [2.75, 3.05) is 13.2 Å². The van der Waals surface area contributed by atoms with Gasteiger partial charge in [-0.25, -0.2) is 9.97 Å². The van der Waals surface area contributed by atoms with Gasteiger partial charge in [-0.05, 0) is 38.8 Å². The first-order chi connectivity index (χ1) is 7.60. The molecule has 0 amide bonds. The highest BCUT2D eigenvalue weighted by molar-refractivity contribution is 5.28. The number of aromatic nitrogens is 2. The van der Waals surface area contributed by atoms with Crippen LogP contribution in [0.2, 0.25) is 0 Å². The first kappa shape index (κ1) is 13.1. The molecule has 4 heteroatoms. The van der Waals surface area contributed by atoms with E-state index in [1.165, 1.54) is 5.56 Å². The fourth-order valence-corrected chi connectivity index (χ4v) is 1.88. The summed E-state index contributed by atoms with van der Waals surface area (Å²) >= 11 is 0. The molecule has 1 rings (SSSR count). The van der Waals surface area contributed by atoms with Crippen molar-refractivity contribution < 1.29 is 4.74 Å². The number of ether oxygens (including phenoxy) is 1. The zero-order valence-electron chi connectivity index (χ0n) is 10.6. The van der Waals surface area contributed by atoms with Gasteiger partial charge < -0.3 is 10.5 Å². The van der Waals surface area contributed by atoms with Crippen LogP contribution in [-0.4, -0.2) is 23.1 Å². The molecule has 0 aliphatic heterocycles. The second kappa shape index (κ2) is 5.92. The minimum absolute atomic E-state index is 0.307. The molecule has 0 aliphatic rings. The maximum atomic E-state index is 5.68. The van der Waals surface area contributed by atoms with Gasteiger partial charge in [0.1, 0.15) is 6.61 Å². The monoisotopic (exact) mass is 223 g/mol. The summed E-state index contributed by atoms with van der Waals surface area (Å²) in [6.07, 6.45) is 0. The molecule has 1 atom stereocenters. The third-order valence-electron chi connectivity index (χ3n) is 2.65. The van der Waals surface area contributed by atoms with Crippen molar-refractivity contribution in [3.63, 3.8) is 0 Å². The van der Waals surface area contributed by atoms with Crippen molar-refractivity contribution in [1.82, 2.24) is 9.97 Å². The summed E-state index contributed by atoms with van der Waals surface area (Å²) < 4.78 is 5.31. The Morgan fingerprint density at radius 3 is 2.25 bits per heavy atom. The van der Waals surface area contributed by atoms with Crippen LogP contribution in [0.25, 0.3) is 0 Å². The van der Waals surface area contributed by atoms with Gasteiger partial charge in [-0.3, -0.25) is 0 Å². The van der Waals surface area contributed by atoms with Crippen LogP contribution in [0.3, 0.4) is 0 Å². The smallest absolute Gasteiger partial charge is 0.154 e. The lowest BCUT2D eigenvalue weighted by Gasteiger charge is -2.15. The molecule has 90 valence electrons. The Bertz CT molecular complexity index is 329. The molecule has 1 heterocycles. The summed E-state index contributed by atoms with van der Waals surface area (Å²) in [6, 6.07) is 0. The Morgan fingerprint density at radius 1 is 1.25 bits per heavy atom. The minimum atomic E-state index is 0.307. The first-order valence-electron chi connectivity index (χ1n) is 5.71. The summed E-state index contributed by atoms with van der Waals surface area (Å²) in [4.78, 5) is 8.90. The van der Waals surface area contributed by atoms with Crippen LogP contribution in [0.15, 0.2) is 0 Å². The van der Waals surface area contributed by atoms with Crippen LogP contribution in [-0.2, 0) is 11.3 Å². The summed E-state index contributed by atoms with van der Waals surface area (Å²) in [5.74, 6) is 1.06. The molecule has 1 unspecified atom stereocenters. The quantitative estimate of drug-likeness (QED) is 0.825. The SMILES string of the molecule is CCOCc1nc(C)c(C(C)CN)c(C)n1. The van der Waals surface area contributed by atoms with E-state index >= 15 is 0 Å². The lowest BCUT2D eigenvalue weighted by molar-refractivity contribution is 0.128. The molecule has 0 spiro atoms. The summed E-state index contributed by atoms with van der Waals surface area (Å²) in [5.41, 5.74) is 8.88. The molecule has 0 fully saturated rings. The Balaban J connectivity index is 2.98. The van der Waals surface area contributed by atoms with E-state index in [1.807, 2.05) is 20.8 Å². The fourth-order valence-electron chi connectivity index (χ4n) is 1.88. The minimum Gasteiger partial charge on any atom is -0.374 e. The number of nitrogens with zero attached hydrogens (tertiary/aromatic N) is 2. The molecule has 0 saturated heterocycles. The zero-order chi connectivity index (χ0) is 12.1. The molecule has 4 nitrogen and oxygen atoms in total. The lowest BCUT2D eigenvalue weighted by Crippen LogP contribution is -2.15. The van der Waals surface area contributed by atoms with Gasteiger partial charge in [0.2, 0.25) is 0 Å². The maximum Gasteiger partial charge on any atom is 0.154 e. The average molecular weight is 223 g/mol. The maximum absolute atomic E-state index is 5.68. The van der Waals surface area contributed by atoms with Crippen LogP contribution < -0.4 is 5.73 Å². The number of hydrogen-bond acceptors (Lipinski definition) is 4. The predicted octanol–water partition coefficient (Wildman–Crippen LogP) is 1.69. The number of hydrogen-bond donors (Lipinski definition) is 1. The third kappa shape index (κ3) is 3.00. The highest BCUT2D eigenvalue weighted by Crippen LogP contribution is 2.20. The van der Waals surface area contributed by atoms with E-state index in [0.717, 1.165) is 17.2 Å². The van der Waals surface area contributed by atoms with Gasteiger partial charge in [-0.2, -0.15) is 0 Å². The molecule has 0 bridgehead atoms. The van der Waals surface area contributed by atoms with E-state index in [2.05, 4.69) is 16.9 Å². The van der Waals surface area contributed by atoms with Crippen LogP contribution in [0, 0.1) is 13.8 Å². The molecular weight excluding hydrogens is 202 g/mol. The molecule has 2 N–H and O–H groups in total. The van der Waals surface area contributed by atoms with E-state index in [9.17, 15) is 0 Å². The van der Waals surface area contributed by atoms with Gasteiger partial charge in [0.05, 0.1) is 0 Å². The highest BCUT2D eigenvalue weighted by Gasteiger charge is 2.13. The van der Waals surface area contributed by atoms with Crippen LogP contribution in [0.4, 0.5) is 0 Å². The van der Waals surface area contributed by atoms with Gasteiger partial charge in [0, 0.05) is 18.0 Å². The molecule has 1 aromatic rings. The van der Waals surface area contributed by atoms with Crippen molar-refractivity contribution in [3.05, 3.63) is 22.8 Å². The van der Waals surface area contributed by atoms with E-state index in [1.54, 1.807) is 0 Å². The van der Waals surface area contributed by atoms with Gasteiger partial charge in [-0.15, -0.1) is 0 Å². The van der Waals surface area contributed by atoms with Crippen LogP contribution >= 0.6 is 0 Å². The largest absolute Gasteiger partial charge is 0.374 e. The molecular formula is C12H21N3O. The third-order valence-corrected chi connectivity index (χ3v) is 2.65. The molecule has 16 heavy (non-hydrogen) atoms. The highest BCUT2D eigenvalue weighted by atomic mass is 16.5. The van der Waals surface area contributed by atoms with Gasteiger partial charge >= 0.3 is 0 Å². The number of rotatable bonds is 5. The average Bonchev–Trinajstić information content (AvgIpc) is 2.25. The zero-order valence-corrected chi connectivity index (χ0v) is 10.6. The number of nitrogens with two attached hydrogens (primary N) is 1. The summed E-state index contributed by atoms with van der Waals surface area (Å²) in [7, 11) is 0. The molecule has 0 aliphatic carbocycles. The Morgan fingerprint density at radius 2 is 1.81 bits per heavy atom. The summed E-state index contributed by atoms with van der Waals surface area (Å²) in [5, 5.41) is 0. The van der Waals surface area contributed by atoms with Crippen molar-refractivity contribution >= 4 is 0 Å². The Kier molecular flexibility index (Phi) is 4.83. The standard InChI is InChI=1S/C12H21N3O/c1-5-16-7-11-14-9(3)12(8(2)6-13)10(4)15-11/h8H,5-7,13H2,1-4H3. The lowest BCUT2D eigenvalue weighted by atomic mass is 9.98. The van der Waals surface area contributed by atoms with Crippen molar-refractivity contribution in [1.29, 1.82) is 0 Å². The van der Waals surface area contributed by atoms with Crippen molar-refractivity contribution in [3.8, 4) is 0 Å².